The van der Waals surface area contributed by atoms with Crippen LogP contribution in [0.4, 0.5) is 5.69 Å². The molecule has 1 atom stereocenters. The lowest BCUT2D eigenvalue weighted by atomic mass is 9.90. The van der Waals surface area contributed by atoms with Crippen LogP contribution in [0.5, 0.6) is 5.75 Å². The van der Waals surface area contributed by atoms with Crippen LogP contribution in [0.25, 0.3) is 0 Å². The third-order valence-corrected chi connectivity index (χ3v) is 6.55. The van der Waals surface area contributed by atoms with Crippen molar-refractivity contribution in [3.05, 3.63) is 59.7 Å². The fourth-order valence-corrected chi connectivity index (χ4v) is 4.65. The smallest absolute Gasteiger partial charge is 0.134 e. The summed E-state index contributed by atoms with van der Waals surface area (Å²) in [6.45, 7) is 8.36. The van der Waals surface area contributed by atoms with Crippen LogP contribution in [-0.2, 0) is 4.74 Å². The third kappa shape index (κ3) is 6.01. The lowest BCUT2D eigenvalue weighted by Gasteiger charge is -2.42. The molecule has 0 unspecified atom stereocenters. The van der Waals surface area contributed by atoms with Crippen LogP contribution in [0, 0.1) is 13.8 Å². The Balaban J connectivity index is 1.33. The van der Waals surface area contributed by atoms with Crippen molar-refractivity contribution in [1.29, 1.82) is 0 Å². The van der Waals surface area contributed by atoms with Crippen molar-refractivity contribution in [2.24, 2.45) is 0 Å². The number of aryl methyl sites for hydroxylation is 2. The van der Waals surface area contributed by atoms with E-state index >= 15 is 0 Å². The maximum absolute atomic E-state index is 11.3. The van der Waals surface area contributed by atoms with Gasteiger partial charge in [0.25, 0.3) is 0 Å². The highest BCUT2D eigenvalue weighted by molar-refractivity contribution is 5.48. The van der Waals surface area contributed by atoms with Gasteiger partial charge in [0.1, 0.15) is 18.0 Å². The van der Waals surface area contributed by atoms with Crippen LogP contribution < -0.4 is 9.64 Å². The molecule has 32 heavy (non-hydrogen) atoms. The Morgan fingerprint density at radius 3 is 2.41 bits per heavy atom. The highest BCUT2D eigenvalue weighted by atomic mass is 16.5. The Bertz CT molecular complexity index is 880. The predicted molar refractivity (Wildman–Crippen MR) is 126 cm³/mol. The number of piperidine rings is 1. The zero-order valence-corrected chi connectivity index (χ0v) is 19.3. The number of ether oxygens (including phenoxy) is 2. The number of benzene rings is 2. The zero-order chi connectivity index (χ0) is 22.6. The third-order valence-electron chi connectivity index (χ3n) is 6.55. The fraction of sp³-hybridized carbons (Fsp3) is 0.538. The van der Waals surface area contributed by atoms with Crippen molar-refractivity contribution < 1.29 is 19.7 Å². The van der Waals surface area contributed by atoms with E-state index in [2.05, 4.69) is 41.0 Å². The van der Waals surface area contributed by atoms with Gasteiger partial charge in [-0.05, 0) is 56.5 Å². The molecule has 0 bridgehead atoms. The van der Waals surface area contributed by atoms with Gasteiger partial charge in [0.2, 0.25) is 0 Å². The summed E-state index contributed by atoms with van der Waals surface area (Å²) in [7, 11) is 0. The summed E-state index contributed by atoms with van der Waals surface area (Å²) in [5.41, 5.74) is 1.77. The van der Waals surface area contributed by atoms with E-state index in [-0.39, 0.29) is 13.2 Å². The highest BCUT2D eigenvalue weighted by Crippen LogP contribution is 2.28. The molecule has 6 nitrogen and oxygen atoms in total. The summed E-state index contributed by atoms with van der Waals surface area (Å²) >= 11 is 0. The first-order valence-electron chi connectivity index (χ1n) is 11.6. The molecule has 2 fully saturated rings. The maximum Gasteiger partial charge on any atom is 0.134 e. The van der Waals surface area contributed by atoms with Gasteiger partial charge < -0.3 is 24.6 Å². The second kappa shape index (κ2) is 9.79. The average molecular weight is 441 g/mol. The molecule has 0 amide bonds. The van der Waals surface area contributed by atoms with Crippen molar-refractivity contribution in [2.75, 3.05) is 57.4 Å². The van der Waals surface area contributed by atoms with Gasteiger partial charge in [-0.3, -0.25) is 4.90 Å². The number of hydrogen-bond acceptors (Lipinski definition) is 6. The Morgan fingerprint density at radius 1 is 0.938 bits per heavy atom. The lowest BCUT2D eigenvalue weighted by molar-refractivity contribution is -0.0742. The van der Waals surface area contributed by atoms with Crippen LogP contribution in [0.2, 0.25) is 0 Å². The van der Waals surface area contributed by atoms with Crippen LogP contribution in [0.1, 0.15) is 24.0 Å². The number of anilines is 1. The second-order valence-electron chi connectivity index (χ2n) is 9.64. The standard InChI is InChI=1S/C26H36N2O4/c1-21-6-8-24(9-7-21)32-20-26(30)18-27(14-15-31-19-26)17-25(29)10-12-28(13-11-25)23-5-3-4-22(2)16-23/h3-9,16,29-30H,10-15,17-20H2,1-2H3/t26-/m1/s1. The average Bonchev–Trinajstić information content (AvgIpc) is 2.95. The summed E-state index contributed by atoms with van der Waals surface area (Å²) < 4.78 is 11.6. The van der Waals surface area contributed by atoms with E-state index in [9.17, 15) is 10.2 Å². The van der Waals surface area contributed by atoms with E-state index in [0.29, 0.717) is 39.1 Å². The number of rotatable bonds is 6. The molecule has 2 aliphatic heterocycles. The zero-order valence-electron chi connectivity index (χ0n) is 19.3. The van der Waals surface area contributed by atoms with Gasteiger partial charge in [0.05, 0.1) is 18.8 Å². The first-order chi connectivity index (χ1) is 15.3. The summed E-state index contributed by atoms with van der Waals surface area (Å²) in [6, 6.07) is 16.3. The molecular weight excluding hydrogens is 404 g/mol. The van der Waals surface area contributed by atoms with Gasteiger partial charge >= 0.3 is 0 Å². The minimum Gasteiger partial charge on any atom is -0.490 e. The molecule has 2 aromatic carbocycles. The molecule has 6 heteroatoms. The maximum atomic E-state index is 11.3. The molecular formula is C26H36N2O4. The molecule has 2 saturated heterocycles. The van der Waals surface area contributed by atoms with Crippen LogP contribution in [0.15, 0.2) is 48.5 Å². The van der Waals surface area contributed by atoms with Crippen LogP contribution in [0.3, 0.4) is 0 Å². The SMILES string of the molecule is Cc1ccc(OC[C@]2(O)COCCN(CC3(O)CCN(c4cccc(C)c4)CC3)C2)cc1. The van der Waals surface area contributed by atoms with E-state index in [1.54, 1.807) is 0 Å². The van der Waals surface area contributed by atoms with Crippen LogP contribution in [-0.4, -0.2) is 78.9 Å². The Kier molecular flexibility index (Phi) is 7.05. The van der Waals surface area contributed by atoms with E-state index < -0.39 is 11.2 Å². The molecule has 2 aliphatic rings. The predicted octanol–water partition coefficient (Wildman–Crippen LogP) is 2.78. The number of β-amino-alcohol motifs (C(OH)–C–C–N with tert-alkyl or cyclic N) is 2. The first-order valence-corrected chi connectivity index (χ1v) is 11.6. The van der Waals surface area contributed by atoms with Crippen LogP contribution >= 0.6 is 0 Å². The summed E-state index contributed by atoms with van der Waals surface area (Å²) in [5.74, 6) is 0.738. The molecule has 2 heterocycles. The van der Waals surface area contributed by atoms with Gasteiger partial charge in [0, 0.05) is 38.4 Å². The Morgan fingerprint density at radius 2 is 1.69 bits per heavy atom. The molecule has 174 valence electrons. The van der Waals surface area contributed by atoms with E-state index in [1.165, 1.54) is 16.8 Å². The van der Waals surface area contributed by atoms with Gasteiger partial charge in [-0.15, -0.1) is 0 Å². The van der Waals surface area contributed by atoms with Gasteiger partial charge in [-0.25, -0.2) is 0 Å². The molecule has 0 saturated carbocycles. The number of aliphatic hydroxyl groups is 2. The van der Waals surface area contributed by atoms with Gasteiger partial charge in [-0.2, -0.15) is 0 Å². The normalized spacial score (nSPS) is 24.2. The molecule has 0 aromatic heterocycles. The highest BCUT2D eigenvalue weighted by Gasteiger charge is 2.39. The summed E-state index contributed by atoms with van der Waals surface area (Å²) in [5, 5.41) is 22.5. The fourth-order valence-electron chi connectivity index (χ4n) is 4.65. The first kappa shape index (κ1) is 23.1. The number of nitrogens with zero attached hydrogens (tertiary/aromatic N) is 2. The van der Waals surface area contributed by atoms with Crippen molar-refractivity contribution >= 4 is 5.69 Å². The topological polar surface area (TPSA) is 65.4 Å². The van der Waals surface area contributed by atoms with Crippen molar-refractivity contribution in [3.8, 4) is 5.75 Å². The van der Waals surface area contributed by atoms with Gasteiger partial charge in [-0.1, -0.05) is 29.8 Å². The summed E-state index contributed by atoms with van der Waals surface area (Å²) in [6.07, 6.45) is 1.41. The van der Waals surface area contributed by atoms with Gasteiger partial charge in [0.15, 0.2) is 0 Å². The number of hydrogen-bond donors (Lipinski definition) is 2. The van der Waals surface area contributed by atoms with E-state index in [1.807, 2.05) is 31.2 Å². The van der Waals surface area contributed by atoms with Crippen molar-refractivity contribution in [1.82, 2.24) is 4.90 Å². The molecule has 0 aliphatic carbocycles. The van der Waals surface area contributed by atoms with E-state index in [4.69, 9.17) is 9.47 Å². The minimum atomic E-state index is -1.11. The van der Waals surface area contributed by atoms with E-state index in [0.717, 1.165) is 18.8 Å². The molecule has 0 spiro atoms. The quantitative estimate of drug-likeness (QED) is 0.720. The molecule has 0 radical (unpaired) electrons. The molecule has 2 aromatic rings. The summed E-state index contributed by atoms with van der Waals surface area (Å²) in [4.78, 5) is 4.48. The molecule has 2 N–H and O–H groups in total. The largest absolute Gasteiger partial charge is 0.490 e. The lowest BCUT2D eigenvalue weighted by Crippen LogP contribution is -2.55. The second-order valence-corrected chi connectivity index (χ2v) is 9.64. The Labute approximate surface area is 191 Å². The monoisotopic (exact) mass is 440 g/mol. The Hall–Kier alpha value is -2.12. The van der Waals surface area contributed by atoms with Crippen molar-refractivity contribution in [2.45, 2.75) is 37.9 Å². The minimum absolute atomic E-state index is 0.159. The molecule has 4 rings (SSSR count). The van der Waals surface area contributed by atoms with Crippen molar-refractivity contribution in [3.63, 3.8) is 0 Å².